The van der Waals surface area contributed by atoms with Gasteiger partial charge in [-0.2, -0.15) is 5.01 Å². The van der Waals surface area contributed by atoms with Gasteiger partial charge in [0, 0.05) is 0 Å². The Hall–Kier alpha value is -4.99. The van der Waals surface area contributed by atoms with Crippen LogP contribution < -0.4 is 16.1 Å². The van der Waals surface area contributed by atoms with E-state index >= 15 is 0 Å². The van der Waals surface area contributed by atoms with Crippen molar-refractivity contribution < 1.29 is 24.0 Å². The molecule has 0 aliphatic carbocycles. The molecule has 3 aromatic carbocycles. The van der Waals surface area contributed by atoms with Crippen LogP contribution in [-0.2, 0) is 25.5 Å². The lowest BCUT2D eigenvalue weighted by Gasteiger charge is -2.28. The molecule has 0 saturated carbocycles. The molecule has 186 valence electrons. The van der Waals surface area contributed by atoms with Crippen LogP contribution in [0, 0.1) is 0 Å². The van der Waals surface area contributed by atoms with E-state index in [4.69, 9.17) is 0 Å². The number of carbonyl (C=O) groups excluding carboxylic acids is 5. The Morgan fingerprint density at radius 3 is 1.70 bits per heavy atom. The maximum absolute atomic E-state index is 13.7. The van der Waals surface area contributed by atoms with Crippen LogP contribution in [0.2, 0.25) is 0 Å². The van der Waals surface area contributed by atoms with Crippen molar-refractivity contribution in [2.75, 3.05) is 6.54 Å². The summed E-state index contributed by atoms with van der Waals surface area (Å²) in [5, 5.41) is 5.90. The highest BCUT2D eigenvalue weighted by atomic mass is 16.2. The van der Waals surface area contributed by atoms with E-state index in [2.05, 4.69) is 16.1 Å². The number of hydrogen-bond acceptors (Lipinski definition) is 5. The molecule has 3 N–H and O–H groups in total. The van der Waals surface area contributed by atoms with Gasteiger partial charge in [0.2, 0.25) is 0 Å². The van der Waals surface area contributed by atoms with E-state index in [9.17, 15) is 24.0 Å². The fraction of sp³-hybridized carbons (Fsp3) is 0.148. The van der Waals surface area contributed by atoms with Gasteiger partial charge in [0.15, 0.2) is 5.54 Å². The van der Waals surface area contributed by atoms with E-state index in [0.29, 0.717) is 21.7 Å². The number of urea groups is 2. The molecule has 10 nitrogen and oxygen atoms in total. The minimum Gasteiger partial charge on any atom is -0.318 e. The van der Waals surface area contributed by atoms with Gasteiger partial charge in [-0.25, -0.2) is 9.59 Å². The zero-order chi connectivity index (χ0) is 26.2. The monoisotopic (exact) mass is 497 g/mol. The van der Waals surface area contributed by atoms with Gasteiger partial charge in [-0.3, -0.25) is 24.7 Å². The average Bonchev–Trinajstić information content (AvgIpc) is 3.30. The third-order valence-corrected chi connectivity index (χ3v) is 6.60. The van der Waals surface area contributed by atoms with Crippen LogP contribution >= 0.6 is 0 Å². The zero-order valence-corrected chi connectivity index (χ0v) is 19.8. The summed E-state index contributed by atoms with van der Waals surface area (Å²) in [5.41, 5.74) is 0.899. The lowest BCUT2D eigenvalue weighted by atomic mass is 9.82. The van der Waals surface area contributed by atoms with Crippen LogP contribution in [0.25, 0.3) is 0 Å². The number of hydrazine groups is 1. The van der Waals surface area contributed by atoms with Crippen molar-refractivity contribution in [3.05, 3.63) is 108 Å². The minimum atomic E-state index is -1.54. The maximum atomic E-state index is 13.7. The second kappa shape index (κ2) is 8.90. The second-order valence-electron chi connectivity index (χ2n) is 8.90. The van der Waals surface area contributed by atoms with Crippen molar-refractivity contribution >= 4 is 29.8 Å². The molecule has 2 heterocycles. The van der Waals surface area contributed by atoms with E-state index in [1.165, 1.54) is 6.92 Å². The number of carbonyl (C=O) groups is 5. The normalized spacial score (nSPS) is 20.6. The summed E-state index contributed by atoms with van der Waals surface area (Å²) in [6.45, 7) is 0.825. The van der Waals surface area contributed by atoms with Crippen molar-refractivity contribution in [1.82, 2.24) is 26.0 Å². The molecule has 2 fully saturated rings. The Kier molecular flexibility index (Phi) is 5.71. The standard InChI is InChI=1S/C27H23N5O5/c1-26(18-11-5-2-6-12-18)22(34)32(25(37)28-26)30-21(33)17-31-23(35)27(29-24(31)36,19-13-7-3-8-14-19)20-15-9-4-10-16-20/h2-16H,17H2,1H3,(H,28,37)(H,29,36)(H,30,33)/t26-/m1/s1. The second-order valence-corrected chi connectivity index (χ2v) is 8.90. The predicted molar refractivity (Wildman–Crippen MR) is 131 cm³/mol. The van der Waals surface area contributed by atoms with E-state index in [1.54, 1.807) is 91.0 Å². The van der Waals surface area contributed by atoms with Gasteiger partial charge in [0.25, 0.3) is 17.7 Å². The molecule has 0 radical (unpaired) electrons. The number of amides is 7. The third-order valence-electron chi connectivity index (χ3n) is 6.60. The first-order chi connectivity index (χ1) is 17.8. The summed E-state index contributed by atoms with van der Waals surface area (Å²) in [7, 11) is 0. The molecular weight excluding hydrogens is 474 g/mol. The van der Waals surface area contributed by atoms with Crippen LogP contribution in [0.5, 0.6) is 0 Å². The zero-order valence-electron chi connectivity index (χ0n) is 19.8. The van der Waals surface area contributed by atoms with E-state index in [-0.39, 0.29) is 0 Å². The van der Waals surface area contributed by atoms with Gasteiger partial charge in [0.1, 0.15) is 12.1 Å². The smallest absolute Gasteiger partial charge is 0.318 e. The SMILES string of the molecule is C[C@]1(c2ccccc2)NC(=O)N(NC(=O)CN2C(=O)NC(c3ccccc3)(c3ccccc3)C2=O)C1=O. The lowest BCUT2D eigenvalue weighted by molar-refractivity contribution is -0.140. The third kappa shape index (κ3) is 3.79. The van der Waals surface area contributed by atoms with Gasteiger partial charge < -0.3 is 10.6 Å². The maximum Gasteiger partial charge on any atom is 0.344 e. The average molecular weight is 498 g/mol. The molecule has 0 unspecified atom stereocenters. The summed E-state index contributed by atoms with van der Waals surface area (Å²) in [6, 6.07) is 24.4. The Bertz CT molecular complexity index is 1360. The first-order valence-electron chi connectivity index (χ1n) is 11.5. The van der Waals surface area contributed by atoms with Crippen molar-refractivity contribution in [1.29, 1.82) is 0 Å². The molecule has 2 aliphatic rings. The minimum absolute atomic E-state index is 0.523. The molecular formula is C27H23N5O5. The number of nitrogens with zero attached hydrogens (tertiary/aromatic N) is 2. The number of rotatable bonds is 6. The molecule has 5 rings (SSSR count). The summed E-state index contributed by atoms with van der Waals surface area (Å²) in [6.07, 6.45) is 0. The number of benzene rings is 3. The van der Waals surface area contributed by atoms with Crippen molar-refractivity contribution in [3.8, 4) is 0 Å². The van der Waals surface area contributed by atoms with Crippen LogP contribution in [0.3, 0.4) is 0 Å². The molecule has 3 aromatic rings. The van der Waals surface area contributed by atoms with Crippen molar-refractivity contribution in [3.63, 3.8) is 0 Å². The van der Waals surface area contributed by atoms with Crippen LogP contribution in [0.15, 0.2) is 91.0 Å². The summed E-state index contributed by atoms with van der Waals surface area (Å²) >= 11 is 0. The predicted octanol–water partition coefficient (Wildman–Crippen LogP) is 1.98. The Morgan fingerprint density at radius 2 is 1.19 bits per heavy atom. The van der Waals surface area contributed by atoms with E-state index in [0.717, 1.165) is 4.90 Å². The Labute approximate surface area is 212 Å². The number of imide groups is 2. The van der Waals surface area contributed by atoms with Gasteiger partial charge in [0.05, 0.1) is 0 Å². The topological polar surface area (TPSA) is 128 Å². The van der Waals surface area contributed by atoms with Gasteiger partial charge in [-0.05, 0) is 23.6 Å². The molecule has 7 amide bonds. The largest absolute Gasteiger partial charge is 0.344 e. The molecule has 0 bridgehead atoms. The Morgan fingerprint density at radius 1 is 0.703 bits per heavy atom. The summed E-state index contributed by atoms with van der Waals surface area (Å²) < 4.78 is 0. The highest BCUT2D eigenvalue weighted by Gasteiger charge is 2.55. The van der Waals surface area contributed by atoms with Crippen LogP contribution in [0.1, 0.15) is 23.6 Å². The molecule has 0 aromatic heterocycles. The summed E-state index contributed by atoms with van der Waals surface area (Å²) in [5.74, 6) is -2.24. The fourth-order valence-electron chi connectivity index (χ4n) is 4.67. The van der Waals surface area contributed by atoms with Crippen molar-refractivity contribution in [2.24, 2.45) is 0 Å². The van der Waals surface area contributed by atoms with Crippen LogP contribution in [-0.4, -0.2) is 46.2 Å². The molecule has 0 spiro atoms. The van der Waals surface area contributed by atoms with E-state index < -0.39 is 47.4 Å². The van der Waals surface area contributed by atoms with Crippen molar-refractivity contribution in [2.45, 2.75) is 18.0 Å². The fourth-order valence-corrected chi connectivity index (χ4v) is 4.67. The Balaban J connectivity index is 1.38. The molecule has 37 heavy (non-hydrogen) atoms. The quantitative estimate of drug-likeness (QED) is 0.449. The molecule has 2 saturated heterocycles. The molecule has 1 atom stereocenters. The summed E-state index contributed by atoms with van der Waals surface area (Å²) in [4.78, 5) is 66.0. The van der Waals surface area contributed by atoms with Gasteiger partial charge >= 0.3 is 12.1 Å². The first-order valence-corrected chi connectivity index (χ1v) is 11.5. The highest BCUT2D eigenvalue weighted by molar-refractivity contribution is 6.12. The lowest BCUT2D eigenvalue weighted by Crippen LogP contribution is -2.52. The molecule has 10 heteroatoms. The number of nitrogens with one attached hydrogen (secondary N) is 3. The highest BCUT2D eigenvalue weighted by Crippen LogP contribution is 2.36. The molecule has 2 aliphatic heterocycles. The number of hydrogen-bond donors (Lipinski definition) is 3. The van der Waals surface area contributed by atoms with Gasteiger partial charge in [-0.15, -0.1) is 0 Å². The van der Waals surface area contributed by atoms with E-state index in [1.807, 2.05) is 0 Å². The van der Waals surface area contributed by atoms with Crippen LogP contribution in [0.4, 0.5) is 9.59 Å². The first kappa shape index (κ1) is 23.7. The van der Waals surface area contributed by atoms with Gasteiger partial charge in [-0.1, -0.05) is 91.0 Å².